The van der Waals surface area contributed by atoms with Crippen LogP contribution in [0.3, 0.4) is 0 Å². The first-order valence-corrected chi connectivity index (χ1v) is 12.9. The molecule has 33 heavy (non-hydrogen) atoms. The topological polar surface area (TPSA) is 67.9 Å². The minimum atomic E-state index is -0.535. The number of methoxy groups -OCH3 is 1. The summed E-state index contributed by atoms with van der Waals surface area (Å²) in [5.41, 5.74) is -0.535. The Bertz CT molecular complexity index is 416. The molecule has 0 aromatic carbocycles. The van der Waals surface area contributed by atoms with Crippen molar-refractivity contribution in [2.24, 2.45) is 0 Å². The van der Waals surface area contributed by atoms with Crippen molar-refractivity contribution in [2.45, 2.75) is 58.0 Å². The van der Waals surface area contributed by atoms with Crippen LogP contribution in [0.2, 0.25) is 0 Å². The normalized spacial score (nSPS) is 23.7. The van der Waals surface area contributed by atoms with Gasteiger partial charge in [0.2, 0.25) is 0 Å². The van der Waals surface area contributed by atoms with E-state index in [-0.39, 0.29) is 0 Å². The third-order valence-corrected chi connectivity index (χ3v) is 5.60. The van der Waals surface area contributed by atoms with Crippen molar-refractivity contribution < 1.29 is 33.2 Å². The van der Waals surface area contributed by atoms with Gasteiger partial charge in [0.15, 0.2) is 0 Å². The van der Waals surface area contributed by atoms with Crippen molar-refractivity contribution in [3.05, 3.63) is 0 Å². The Morgan fingerprint density at radius 3 is 2.03 bits per heavy atom. The minimum absolute atomic E-state index is 0.438. The van der Waals surface area contributed by atoms with Gasteiger partial charge in [0.1, 0.15) is 5.60 Å². The Hall–Kier alpha value is -0.320. The zero-order valence-electron chi connectivity index (χ0n) is 21.7. The van der Waals surface area contributed by atoms with Crippen molar-refractivity contribution in [1.82, 2.24) is 4.90 Å². The molecule has 0 radical (unpaired) electrons. The van der Waals surface area contributed by atoms with Gasteiger partial charge in [0.05, 0.1) is 79.3 Å². The molecule has 0 N–H and O–H groups in total. The lowest BCUT2D eigenvalue weighted by Gasteiger charge is -2.29. The second kappa shape index (κ2) is 22.2. The van der Waals surface area contributed by atoms with Gasteiger partial charge in [-0.25, -0.2) is 0 Å². The van der Waals surface area contributed by atoms with E-state index in [1.54, 1.807) is 7.11 Å². The molecule has 8 heteroatoms. The molecule has 198 valence electrons. The number of nitrogens with zero attached hydrogens (tertiary/aromatic N) is 1. The van der Waals surface area contributed by atoms with E-state index in [1.807, 2.05) is 6.92 Å². The summed E-state index contributed by atoms with van der Waals surface area (Å²) >= 11 is 0. The molecule has 1 aliphatic rings. The maximum absolute atomic E-state index is 6.03. The Balaban J connectivity index is 2.38. The maximum Gasteiger partial charge on any atom is 0.112 e. The monoisotopic (exact) mass is 477 g/mol. The van der Waals surface area contributed by atoms with Crippen LogP contribution in [0.15, 0.2) is 0 Å². The van der Waals surface area contributed by atoms with E-state index < -0.39 is 5.60 Å². The van der Waals surface area contributed by atoms with Gasteiger partial charge in [-0.05, 0) is 19.9 Å². The molecule has 0 aromatic rings. The highest BCUT2D eigenvalue weighted by Gasteiger charge is 2.26. The highest BCUT2D eigenvalue weighted by molar-refractivity contribution is 4.74. The van der Waals surface area contributed by atoms with Crippen LogP contribution in [0, 0.1) is 0 Å². The van der Waals surface area contributed by atoms with Crippen molar-refractivity contribution in [3.63, 3.8) is 0 Å². The lowest BCUT2D eigenvalue weighted by Crippen LogP contribution is -2.41. The summed E-state index contributed by atoms with van der Waals surface area (Å²) in [6, 6.07) is 0. The summed E-state index contributed by atoms with van der Waals surface area (Å²) in [6.07, 6.45) is 7.87. The third-order valence-electron chi connectivity index (χ3n) is 5.60. The molecule has 1 rings (SSSR count). The van der Waals surface area contributed by atoms with Crippen LogP contribution in [0.4, 0.5) is 0 Å². The van der Waals surface area contributed by atoms with Crippen LogP contribution in [-0.2, 0) is 33.2 Å². The van der Waals surface area contributed by atoms with E-state index in [1.165, 1.54) is 38.5 Å². The Morgan fingerprint density at radius 1 is 0.727 bits per heavy atom. The zero-order valence-corrected chi connectivity index (χ0v) is 21.7. The average molecular weight is 478 g/mol. The maximum atomic E-state index is 6.03. The largest absolute Gasteiger partial charge is 0.382 e. The van der Waals surface area contributed by atoms with Crippen LogP contribution in [0.5, 0.6) is 0 Å². The van der Waals surface area contributed by atoms with E-state index in [4.69, 9.17) is 33.2 Å². The first-order chi connectivity index (χ1) is 16.2. The lowest BCUT2D eigenvalue weighted by atomic mass is 10.1. The summed E-state index contributed by atoms with van der Waals surface area (Å²) < 4.78 is 39.9. The number of hydrogen-bond acceptors (Lipinski definition) is 8. The summed E-state index contributed by atoms with van der Waals surface area (Å²) in [5, 5.41) is 0. The van der Waals surface area contributed by atoms with Gasteiger partial charge in [-0.2, -0.15) is 0 Å². The summed E-state index contributed by atoms with van der Waals surface area (Å²) in [4.78, 5) is 2.45. The second-order valence-electron chi connectivity index (χ2n) is 8.84. The molecule has 1 fully saturated rings. The molecule has 1 atom stereocenters. The predicted molar refractivity (Wildman–Crippen MR) is 130 cm³/mol. The molecule has 0 spiro atoms. The molecule has 0 bridgehead atoms. The van der Waals surface area contributed by atoms with Crippen LogP contribution < -0.4 is 0 Å². The fraction of sp³-hybridized carbons (Fsp3) is 1.00. The molecule has 0 amide bonds. The average Bonchev–Trinajstić information content (AvgIpc) is 2.81. The number of unbranched alkanes of at least 4 members (excludes halogenated alkanes) is 5. The van der Waals surface area contributed by atoms with E-state index in [0.717, 1.165) is 26.2 Å². The molecular formula is C25H51NO7. The van der Waals surface area contributed by atoms with E-state index in [2.05, 4.69) is 11.8 Å². The molecule has 0 aromatic heterocycles. The van der Waals surface area contributed by atoms with Crippen molar-refractivity contribution >= 4 is 0 Å². The van der Waals surface area contributed by atoms with Crippen molar-refractivity contribution in [3.8, 4) is 0 Å². The lowest BCUT2D eigenvalue weighted by molar-refractivity contribution is -0.141. The molecule has 1 unspecified atom stereocenters. The van der Waals surface area contributed by atoms with Crippen LogP contribution in [-0.4, -0.2) is 117 Å². The molecule has 8 nitrogen and oxygen atoms in total. The first-order valence-electron chi connectivity index (χ1n) is 12.9. The highest BCUT2D eigenvalue weighted by atomic mass is 16.6. The predicted octanol–water partition coefficient (Wildman–Crippen LogP) is 3.17. The van der Waals surface area contributed by atoms with Crippen LogP contribution in [0.1, 0.15) is 52.4 Å². The third kappa shape index (κ3) is 18.7. The Kier molecular flexibility index (Phi) is 20.6. The summed E-state index contributed by atoms with van der Waals surface area (Å²) in [6.45, 7) is 13.9. The molecule has 1 aliphatic heterocycles. The molecule has 1 heterocycles. The standard InChI is InChI=1S/C25H51NO7/c1-4-5-6-7-8-9-10-26-11-13-28-17-18-30-21-22-33-25(2,23-31-16-15-27-3)24-32-20-19-29-14-12-26/h4-24H2,1-3H3. The Morgan fingerprint density at radius 2 is 1.33 bits per heavy atom. The molecule has 1 saturated heterocycles. The summed E-state index contributed by atoms with van der Waals surface area (Å²) in [7, 11) is 1.66. The fourth-order valence-corrected chi connectivity index (χ4v) is 3.57. The fourth-order valence-electron chi connectivity index (χ4n) is 3.57. The van der Waals surface area contributed by atoms with Gasteiger partial charge >= 0.3 is 0 Å². The van der Waals surface area contributed by atoms with Gasteiger partial charge in [-0.15, -0.1) is 0 Å². The second-order valence-corrected chi connectivity index (χ2v) is 8.84. The quantitative estimate of drug-likeness (QED) is 0.397. The van der Waals surface area contributed by atoms with E-state index >= 15 is 0 Å². The van der Waals surface area contributed by atoms with Gasteiger partial charge in [-0.3, -0.25) is 4.90 Å². The minimum Gasteiger partial charge on any atom is -0.382 e. The van der Waals surface area contributed by atoms with Crippen LogP contribution in [0.25, 0.3) is 0 Å². The van der Waals surface area contributed by atoms with Crippen molar-refractivity contribution in [1.29, 1.82) is 0 Å². The number of rotatable bonds is 12. The zero-order chi connectivity index (χ0) is 23.9. The smallest absolute Gasteiger partial charge is 0.112 e. The van der Waals surface area contributed by atoms with Crippen molar-refractivity contribution in [2.75, 3.05) is 106 Å². The number of hydrogen-bond donors (Lipinski definition) is 0. The number of ether oxygens (including phenoxy) is 7. The van der Waals surface area contributed by atoms with Crippen LogP contribution >= 0.6 is 0 Å². The van der Waals surface area contributed by atoms with Gasteiger partial charge in [0, 0.05) is 20.2 Å². The van der Waals surface area contributed by atoms with E-state index in [9.17, 15) is 0 Å². The van der Waals surface area contributed by atoms with Gasteiger partial charge in [-0.1, -0.05) is 39.0 Å². The molecule has 0 aliphatic carbocycles. The van der Waals surface area contributed by atoms with Gasteiger partial charge in [0.25, 0.3) is 0 Å². The highest BCUT2D eigenvalue weighted by Crippen LogP contribution is 2.12. The SMILES string of the molecule is CCCCCCCCN1CCOCCOCCOC(C)(COCCOC)COCCOCC1. The Labute approximate surface area is 202 Å². The first kappa shape index (κ1) is 30.7. The van der Waals surface area contributed by atoms with Gasteiger partial charge < -0.3 is 33.2 Å². The summed E-state index contributed by atoms with van der Waals surface area (Å²) in [5.74, 6) is 0. The molecule has 0 saturated carbocycles. The molecular weight excluding hydrogens is 426 g/mol. The van der Waals surface area contributed by atoms with E-state index in [0.29, 0.717) is 72.7 Å².